The second-order valence-corrected chi connectivity index (χ2v) is 4.85. The highest BCUT2D eigenvalue weighted by atomic mass is 16.5. The van der Waals surface area contributed by atoms with Crippen LogP contribution >= 0.6 is 0 Å². The highest BCUT2D eigenvalue weighted by Gasteiger charge is 2.14. The number of hydrogen-bond acceptors (Lipinski definition) is 3. The van der Waals surface area contributed by atoms with Crippen LogP contribution in [-0.2, 0) is 0 Å². The second kappa shape index (κ2) is 6.79. The van der Waals surface area contributed by atoms with Gasteiger partial charge in [0.2, 0.25) is 0 Å². The number of anilines is 1. The zero-order valence-electron chi connectivity index (χ0n) is 12.1. The summed E-state index contributed by atoms with van der Waals surface area (Å²) in [6, 6.07) is 4.09. The molecule has 20 heavy (non-hydrogen) atoms. The molecule has 0 fully saturated rings. The van der Waals surface area contributed by atoms with Gasteiger partial charge in [-0.05, 0) is 25.0 Å². The summed E-state index contributed by atoms with van der Waals surface area (Å²) in [6.07, 6.45) is 0. The molecule has 6 heteroatoms. The molecule has 0 aliphatic heterocycles. The van der Waals surface area contributed by atoms with Crippen LogP contribution in [0.3, 0.4) is 0 Å². The van der Waals surface area contributed by atoms with E-state index in [4.69, 9.17) is 9.84 Å². The molecule has 1 unspecified atom stereocenters. The number of carbonyl (C=O) groups excluding carboxylic acids is 1. The number of carboxylic acids is 1. The van der Waals surface area contributed by atoms with Gasteiger partial charge in [0.05, 0.1) is 7.11 Å². The molecule has 0 spiro atoms. The van der Waals surface area contributed by atoms with Crippen LogP contribution in [0.4, 0.5) is 10.5 Å². The van der Waals surface area contributed by atoms with E-state index in [1.807, 2.05) is 20.8 Å². The molecule has 0 radical (unpaired) electrons. The third kappa shape index (κ3) is 4.15. The summed E-state index contributed by atoms with van der Waals surface area (Å²) in [7, 11) is 1.38. The van der Waals surface area contributed by atoms with Gasteiger partial charge < -0.3 is 20.5 Å². The quantitative estimate of drug-likeness (QED) is 0.773. The minimum Gasteiger partial charge on any atom is -0.496 e. The van der Waals surface area contributed by atoms with Gasteiger partial charge in [-0.15, -0.1) is 0 Å². The summed E-state index contributed by atoms with van der Waals surface area (Å²) in [5, 5.41) is 14.4. The van der Waals surface area contributed by atoms with Gasteiger partial charge in [-0.25, -0.2) is 9.59 Å². The number of urea groups is 1. The van der Waals surface area contributed by atoms with Crippen LogP contribution in [0.25, 0.3) is 0 Å². The van der Waals surface area contributed by atoms with E-state index in [-0.39, 0.29) is 23.4 Å². The molecule has 0 saturated carbocycles. The molecule has 1 atom stereocenters. The van der Waals surface area contributed by atoms with Crippen molar-refractivity contribution < 1.29 is 19.4 Å². The number of carboxylic acid groups (broad SMARTS) is 1. The average Bonchev–Trinajstić information content (AvgIpc) is 2.37. The van der Waals surface area contributed by atoms with Crippen molar-refractivity contribution in [2.45, 2.75) is 26.8 Å². The van der Waals surface area contributed by atoms with Gasteiger partial charge >= 0.3 is 12.0 Å². The first-order valence-electron chi connectivity index (χ1n) is 6.34. The Balaban J connectivity index is 2.78. The van der Waals surface area contributed by atoms with Crippen LogP contribution in [0.2, 0.25) is 0 Å². The Morgan fingerprint density at radius 1 is 1.25 bits per heavy atom. The summed E-state index contributed by atoms with van der Waals surface area (Å²) in [6.45, 7) is 5.93. The normalized spacial score (nSPS) is 11.8. The largest absolute Gasteiger partial charge is 0.496 e. The van der Waals surface area contributed by atoms with Crippen molar-refractivity contribution in [2.24, 2.45) is 5.92 Å². The van der Waals surface area contributed by atoms with Crippen molar-refractivity contribution >= 4 is 17.7 Å². The van der Waals surface area contributed by atoms with Crippen LogP contribution in [0.1, 0.15) is 31.1 Å². The van der Waals surface area contributed by atoms with E-state index >= 15 is 0 Å². The van der Waals surface area contributed by atoms with Gasteiger partial charge in [-0.1, -0.05) is 13.8 Å². The molecular formula is C14H20N2O4. The first kappa shape index (κ1) is 15.8. The Kier molecular flexibility index (Phi) is 5.37. The second-order valence-electron chi connectivity index (χ2n) is 4.85. The summed E-state index contributed by atoms with van der Waals surface area (Å²) in [5.41, 5.74) is 0.523. The molecule has 1 aromatic rings. The molecule has 110 valence electrons. The molecule has 0 aliphatic rings. The summed E-state index contributed by atoms with van der Waals surface area (Å²) in [5.74, 6) is -0.553. The number of aromatic carboxylic acids is 1. The molecule has 0 aliphatic carbocycles. The predicted octanol–water partition coefficient (Wildman–Crippen LogP) is 2.56. The summed E-state index contributed by atoms with van der Waals surface area (Å²) < 4.78 is 5.00. The molecular weight excluding hydrogens is 260 g/mol. The molecule has 1 rings (SSSR count). The lowest BCUT2D eigenvalue weighted by Gasteiger charge is -2.18. The highest BCUT2D eigenvalue weighted by molar-refractivity contribution is 5.94. The molecule has 1 aromatic carbocycles. The Morgan fingerprint density at radius 2 is 1.90 bits per heavy atom. The monoisotopic (exact) mass is 280 g/mol. The Bertz CT molecular complexity index is 500. The molecule has 6 nitrogen and oxygen atoms in total. The van der Waals surface area contributed by atoms with Crippen LogP contribution in [0.5, 0.6) is 5.75 Å². The Labute approximate surface area is 118 Å². The van der Waals surface area contributed by atoms with Crippen molar-refractivity contribution in [2.75, 3.05) is 12.4 Å². The SMILES string of the molecule is COc1cc(NC(=O)NC(C)C(C)C)ccc1C(=O)O. The van der Waals surface area contributed by atoms with Crippen molar-refractivity contribution in [1.29, 1.82) is 0 Å². The van der Waals surface area contributed by atoms with Crippen molar-refractivity contribution in [3.05, 3.63) is 23.8 Å². The van der Waals surface area contributed by atoms with E-state index < -0.39 is 5.97 Å². The fourth-order valence-corrected chi connectivity index (χ4v) is 1.49. The number of benzene rings is 1. The van der Waals surface area contributed by atoms with E-state index in [2.05, 4.69) is 10.6 Å². The van der Waals surface area contributed by atoms with Gasteiger partial charge in [0, 0.05) is 17.8 Å². The van der Waals surface area contributed by atoms with E-state index in [0.717, 1.165) is 0 Å². The molecule has 0 heterocycles. The Hall–Kier alpha value is -2.24. The number of methoxy groups -OCH3 is 1. The fraction of sp³-hybridized carbons (Fsp3) is 0.429. The van der Waals surface area contributed by atoms with Crippen LogP contribution in [0.15, 0.2) is 18.2 Å². The average molecular weight is 280 g/mol. The van der Waals surface area contributed by atoms with Crippen LogP contribution in [-0.4, -0.2) is 30.3 Å². The maximum Gasteiger partial charge on any atom is 0.339 e. The number of rotatable bonds is 5. The van der Waals surface area contributed by atoms with Gasteiger partial charge in [-0.3, -0.25) is 0 Å². The van der Waals surface area contributed by atoms with Gasteiger partial charge in [0.15, 0.2) is 0 Å². The van der Waals surface area contributed by atoms with Gasteiger partial charge in [0.25, 0.3) is 0 Å². The number of hydrogen-bond donors (Lipinski definition) is 3. The van der Waals surface area contributed by atoms with E-state index in [9.17, 15) is 9.59 Å². The lowest BCUT2D eigenvalue weighted by molar-refractivity contribution is 0.0693. The maximum atomic E-state index is 11.8. The Morgan fingerprint density at radius 3 is 2.40 bits per heavy atom. The zero-order valence-corrected chi connectivity index (χ0v) is 12.1. The molecule has 0 saturated heterocycles. The van der Waals surface area contributed by atoms with Crippen molar-refractivity contribution in [1.82, 2.24) is 5.32 Å². The van der Waals surface area contributed by atoms with Gasteiger partial charge in [-0.2, -0.15) is 0 Å². The first-order chi connectivity index (χ1) is 9.35. The lowest BCUT2D eigenvalue weighted by atomic mass is 10.1. The van der Waals surface area contributed by atoms with Crippen molar-refractivity contribution in [3.63, 3.8) is 0 Å². The number of amides is 2. The molecule has 3 N–H and O–H groups in total. The van der Waals surface area contributed by atoms with Crippen molar-refractivity contribution in [3.8, 4) is 5.75 Å². The summed E-state index contributed by atoms with van der Waals surface area (Å²) in [4.78, 5) is 22.7. The highest BCUT2D eigenvalue weighted by Crippen LogP contribution is 2.23. The topological polar surface area (TPSA) is 87.7 Å². The van der Waals surface area contributed by atoms with E-state index in [1.165, 1.54) is 25.3 Å². The third-order valence-electron chi connectivity index (χ3n) is 3.05. The first-order valence-corrected chi connectivity index (χ1v) is 6.34. The van der Waals surface area contributed by atoms with E-state index in [1.54, 1.807) is 0 Å². The molecule has 2 amide bonds. The maximum absolute atomic E-state index is 11.8. The minimum atomic E-state index is -1.08. The number of carbonyl (C=O) groups is 2. The van der Waals surface area contributed by atoms with Gasteiger partial charge in [0.1, 0.15) is 11.3 Å². The zero-order chi connectivity index (χ0) is 15.3. The summed E-state index contributed by atoms with van der Waals surface area (Å²) >= 11 is 0. The standard InChI is InChI=1S/C14H20N2O4/c1-8(2)9(3)15-14(19)16-10-5-6-11(13(17)18)12(7-10)20-4/h5-9H,1-4H3,(H,17,18)(H2,15,16,19). The molecule has 0 aromatic heterocycles. The minimum absolute atomic E-state index is 0.0372. The predicted molar refractivity (Wildman–Crippen MR) is 76.4 cm³/mol. The van der Waals surface area contributed by atoms with Crippen LogP contribution in [0, 0.1) is 5.92 Å². The number of nitrogens with one attached hydrogen (secondary N) is 2. The molecule has 0 bridgehead atoms. The number of ether oxygens (including phenoxy) is 1. The smallest absolute Gasteiger partial charge is 0.339 e. The van der Waals surface area contributed by atoms with E-state index in [0.29, 0.717) is 11.6 Å². The van der Waals surface area contributed by atoms with Crippen LogP contribution < -0.4 is 15.4 Å². The fourth-order valence-electron chi connectivity index (χ4n) is 1.49. The lowest BCUT2D eigenvalue weighted by Crippen LogP contribution is -2.39. The third-order valence-corrected chi connectivity index (χ3v) is 3.05.